The van der Waals surface area contributed by atoms with Gasteiger partial charge in [0.15, 0.2) is 0 Å². The van der Waals surface area contributed by atoms with Crippen molar-refractivity contribution in [2.45, 2.75) is 32.4 Å². The average Bonchev–Trinajstić information content (AvgIpc) is 2.74. The molecule has 0 spiro atoms. The van der Waals surface area contributed by atoms with Crippen molar-refractivity contribution >= 4 is 22.9 Å². The fourth-order valence-corrected chi connectivity index (χ4v) is 2.70. The summed E-state index contributed by atoms with van der Waals surface area (Å²) in [4.78, 5) is 12.2. The van der Waals surface area contributed by atoms with E-state index in [2.05, 4.69) is 10.6 Å². The number of hydrogen-bond donors (Lipinski definition) is 2. The molecular formula is C12H18N2O2S. The first-order valence-electron chi connectivity index (χ1n) is 5.91. The third kappa shape index (κ3) is 3.80. The first kappa shape index (κ1) is 12.5. The van der Waals surface area contributed by atoms with E-state index in [0.717, 1.165) is 31.9 Å². The van der Waals surface area contributed by atoms with Crippen LogP contribution >= 0.6 is 11.3 Å². The van der Waals surface area contributed by atoms with Gasteiger partial charge in [-0.05, 0) is 24.3 Å². The largest absolute Gasteiger partial charge is 0.380 e. The Balaban J connectivity index is 1.85. The highest BCUT2D eigenvalue weighted by Crippen LogP contribution is 2.22. The van der Waals surface area contributed by atoms with Crippen LogP contribution in [-0.2, 0) is 16.1 Å². The molecule has 0 aliphatic carbocycles. The van der Waals surface area contributed by atoms with Crippen molar-refractivity contribution in [3.05, 3.63) is 16.3 Å². The van der Waals surface area contributed by atoms with Crippen LogP contribution in [0.25, 0.3) is 0 Å². The summed E-state index contributed by atoms with van der Waals surface area (Å²) in [5.74, 6) is -0.0225. The highest BCUT2D eigenvalue weighted by atomic mass is 32.1. The third-order valence-corrected chi connectivity index (χ3v) is 3.69. The van der Waals surface area contributed by atoms with E-state index in [4.69, 9.17) is 4.74 Å². The molecule has 5 heteroatoms. The van der Waals surface area contributed by atoms with Crippen molar-refractivity contribution in [3.8, 4) is 0 Å². The van der Waals surface area contributed by atoms with E-state index in [1.165, 1.54) is 18.2 Å². The molecule has 17 heavy (non-hydrogen) atoms. The van der Waals surface area contributed by atoms with Gasteiger partial charge in [-0.2, -0.15) is 0 Å². The molecule has 1 amide bonds. The summed E-state index contributed by atoms with van der Waals surface area (Å²) >= 11 is 1.66. The zero-order valence-electron chi connectivity index (χ0n) is 9.99. The second-order valence-electron chi connectivity index (χ2n) is 4.23. The van der Waals surface area contributed by atoms with Crippen LogP contribution in [0.5, 0.6) is 0 Å². The normalized spacial score (nSPS) is 20.2. The maximum atomic E-state index is 11.0. The molecule has 1 fully saturated rings. The Bertz CT molecular complexity index is 372. The molecule has 1 aliphatic heterocycles. The van der Waals surface area contributed by atoms with Crippen LogP contribution in [0.15, 0.2) is 11.4 Å². The first-order valence-corrected chi connectivity index (χ1v) is 6.79. The van der Waals surface area contributed by atoms with Gasteiger partial charge in [0.25, 0.3) is 0 Å². The smallest absolute Gasteiger partial charge is 0.221 e. The SMILES string of the molecule is CC(=O)Nc1ccsc1CNC1CCCOC1. The maximum absolute atomic E-state index is 11.0. The lowest BCUT2D eigenvalue weighted by atomic mass is 10.1. The minimum atomic E-state index is -0.0225. The van der Waals surface area contributed by atoms with Crippen LogP contribution < -0.4 is 10.6 Å². The van der Waals surface area contributed by atoms with E-state index in [0.29, 0.717) is 6.04 Å². The number of carbonyl (C=O) groups excluding carboxylic acids is 1. The predicted molar refractivity (Wildman–Crippen MR) is 69.3 cm³/mol. The molecule has 94 valence electrons. The van der Waals surface area contributed by atoms with Gasteiger partial charge in [0.05, 0.1) is 12.3 Å². The monoisotopic (exact) mass is 254 g/mol. The molecule has 1 aliphatic rings. The van der Waals surface area contributed by atoms with Gasteiger partial charge in [-0.3, -0.25) is 4.79 Å². The molecule has 0 aromatic carbocycles. The number of nitrogens with one attached hydrogen (secondary N) is 2. The fraction of sp³-hybridized carbons (Fsp3) is 0.583. The van der Waals surface area contributed by atoms with E-state index in [1.54, 1.807) is 11.3 Å². The summed E-state index contributed by atoms with van der Waals surface area (Å²) in [5.41, 5.74) is 0.923. The fourth-order valence-electron chi connectivity index (χ4n) is 1.92. The van der Waals surface area contributed by atoms with Crippen molar-refractivity contribution < 1.29 is 9.53 Å². The van der Waals surface area contributed by atoms with Gasteiger partial charge >= 0.3 is 0 Å². The van der Waals surface area contributed by atoms with Gasteiger partial charge in [-0.15, -0.1) is 11.3 Å². The molecule has 1 atom stereocenters. The van der Waals surface area contributed by atoms with Crippen LogP contribution in [0, 0.1) is 0 Å². The van der Waals surface area contributed by atoms with Gasteiger partial charge in [-0.1, -0.05) is 0 Å². The van der Waals surface area contributed by atoms with Crippen LogP contribution in [0.3, 0.4) is 0 Å². The summed E-state index contributed by atoms with van der Waals surface area (Å²) in [6.07, 6.45) is 2.29. The van der Waals surface area contributed by atoms with Crippen molar-refractivity contribution in [3.63, 3.8) is 0 Å². The van der Waals surface area contributed by atoms with Gasteiger partial charge < -0.3 is 15.4 Å². The second-order valence-corrected chi connectivity index (χ2v) is 5.23. The number of amides is 1. The number of anilines is 1. The molecule has 2 rings (SSSR count). The van der Waals surface area contributed by atoms with Crippen molar-refractivity contribution in [2.24, 2.45) is 0 Å². The van der Waals surface area contributed by atoms with Gasteiger partial charge in [-0.25, -0.2) is 0 Å². The van der Waals surface area contributed by atoms with Crippen LogP contribution in [-0.4, -0.2) is 25.2 Å². The lowest BCUT2D eigenvalue weighted by Crippen LogP contribution is -2.36. The average molecular weight is 254 g/mol. The zero-order chi connectivity index (χ0) is 12.1. The summed E-state index contributed by atoms with van der Waals surface area (Å²) in [5, 5.41) is 8.31. The first-order chi connectivity index (χ1) is 8.25. The highest BCUT2D eigenvalue weighted by molar-refractivity contribution is 7.10. The molecular weight excluding hydrogens is 236 g/mol. The van der Waals surface area contributed by atoms with E-state index < -0.39 is 0 Å². The Morgan fingerprint density at radius 1 is 1.65 bits per heavy atom. The third-order valence-electron chi connectivity index (χ3n) is 2.77. The van der Waals surface area contributed by atoms with Crippen LogP contribution in [0.1, 0.15) is 24.6 Å². The highest BCUT2D eigenvalue weighted by Gasteiger charge is 2.14. The van der Waals surface area contributed by atoms with Gasteiger partial charge in [0, 0.05) is 31.0 Å². The van der Waals surface area contributed by atoms with Crippen molar-refractivity contribution in [1.29, 1.82) is 0 Å². The van der Waals surface area contributed by atoms with Crippen LogP contribution in [0.2, 0.25) is 0 Å². The Kier molecular flexibility index (Phi) is 4.53. The quantitative estimate of drug-likeness (QED) is 0.863. The molecule has 0 radical (unpaired) electrons. The maximum Gasteiger partial charge on any atom is 0.221 e. The predicted octanol–water partition coefficient (Wildman–Crippen LogP) is 1.98. The number of hydrogen-bond acceptors (Lipinski definition) is 4. The molecule has 1 unspecified atom stereocenters. The standard InChI is InChI=1S/C12H18N2O2S/c1-9(15)14-11-4-6-17-12(11)7-13-10-3-2-5-16-8-10/h4,6,10,13H,2-3,5,7-8H2,1H3,(H,14,15). The Morgan fingerprint density at radius 2 is 2.53 bits per heavy atom. The summed E-state index contributed by atoms with van der Waals surface area (Å²) in [6.45, 7) is 4.00. The van der Waals surface area contributed by atoms with Crippen molar-refractivity contribution in [1.82, 2.24) is 5.32 Å². The number of rotatable bonds is 4. The summed E-state index contributed by atoms with van der Waals surface area (Å²) < 4.78 is 5.42. The summed E-state index contributed by atoms with van der Waals surface area (Å²) in [7, 11) is 0. The minimum Gasteiger partial charge on any atom is -0.380 e. The van der Waals surface area contributed by atoms with Gasteiger partial charge in [0.1, 0.15) is 0 Å². The Morgan fingerprint density at radius 3 is 3.24 bits per heavy atom. The molecule has 4 nitrogen and oxygen atoms in total. The lowest BCUT2D eigenvalue weighted by Gasteiger charge is -2.23. The Labute approximate surface area is 105 Å². The van der Waals surface area contributed by atoms with Crippen molar-refractivity contribution in [2.75, 3.05) is 18.5 Å². The van der Waals surface area contributed by atoms with E-state index in [-0.39, 0.29) is 5.91 Å². The number of thiophene rings is 1. The molecule has 0 bridgehead atoms. The molecule has 1 aromatic heterocycles. The molecule has 2 N–H and O–H groups in total. The number of ether oxygens (including phenoxy) is 1. The zero-order valence-corrected chi connectivity index (χ0v) is 10.8. The van der Waals surface area contributed by atoms with E-state index in [9.17, 15) is 4.79 Å². The molecule has 1 saturated heterocycles. The Hall–Kier alpha value is -0.910. The van der Waals surface area contributed by atoms with E-state index in [1.807, 2.05) is 11.4 Å². The topological polar surface area (TPSA) is 50.4 Å². The van der Waals surface area contributed by atoms with Gasteiger partial charge in [0.2, 0.25) is 5.91 Å². The number of carbonyl (C=O) groups is 1. The minimum absolute atomic E-state index is 0.0225. The molecule has 2 heterocycles. The lowest BCUT2D eigenvalue weighted by molar-refractivity contribution is -0.114. The second kappa shape index (κ2) is 6.14. The van der Waals surface area contributed by atoms with E-state index >= 15 is 0 Å². The summed E-state index contributed by atoms with van der Waals surface area (Å²) in [6, 6.07) is 2.39. The molecule has 0 saturated carbocycles. The molecule has 1 aromatic rings. The van der Waals surface area contributed by atoms with Crippen LogP contribution in [0.4, 0.5) is 5.69 Å².